The van der Waals surface area contributed by atoms with Crippen LogP contribution in [0.25, 0.3) is 0 Å². The van der Waals surface area contributed by atoms with Crippen molar-refractivity contribution in [3.8, 4) is 0 Å². The van der Waals surface area contributed by atoms with E-state index in [2.05, 4.69) is 91.0 Å². The van der Waals surface area contributed by atoms with Crippen LogP contribution in [0.2, 0.25) is 0 Å². The fraction of sp³-hybridized carbons (Fsp3) is 0.458. The van der Waals surface area contributed by atoms with Gasteiger partial charge in [0.2, 0.25) is 0 Å². The molecule has 0 bridgehead atoms. The van der Waals surface area contributed by atoms with Crippen LogP contribution in [0, 0.1) is 0 Å². The van der Waals surface area contributed by atoms with E-state index in [1.165, 1.54) is 11.3 Å². The molecule has 1 heterocycles. The molecule has 1 saturated heterocycles. The first-order valence-electron chi connectivity index (χ1n) is 10.3. The second-order valence-electron chi connectivity index (χ2n) is 8.13. The minimum Gasteiger partial charge on any atom is -0.510 e. The number of hydrogen-bond donors (Lipinski definition) is 1. The summed E-state index contributed by atoms with van der Waals surface area (Å²) < 4.78 is 2.42. The third kappa shape index (κ3) is 5.33. The predicted molar refractivity (Wildman–Crippen MR) is 117 cm³/mol. The van der Waals surface area contributed by atoms with Crippen molar-refractivity contribution in [2.45, 2.75) is 25.3 Å². The van der Waals surface area contributed by atoms with Gasteiger partial charge in [0.25, 0.3) is 0 Å². The maximum absolute atomic E-state index is 11.4. The van der Waals surface area contributed by atoms with Crippen LogP contribution in [-0.4, -0.2) is 78.1 Å². The second kappa shape index (κ2) is 10.5. The molecule has 0 radical (unpaired) electrons. The molecular formula is C24H34N3OZn+. The molecule has 1 aromatic rings. The van der Waals surface area contributed by atoms with E-state index in [0.29, 0.717) is 5.76 Å². The topological polar surface area (TPSA) is 29.7 Å². The maximum atomic E-state index is 11.4. The Kier molecular flexibility index (Phi) is 8.57. The standard InChI is InChI=1S/C24H33N3O.Zn/c1-5-24(25(2)3,19-20-9-7-6-8-10-20)23(28)21-11-13-22(14-12-21)27-17-15-26(4)16-18-27;/h6-14H,5,15-19H2,1-4H3;/p+1. The molecule has 0 spiro atoms. The van der Waals surface area contributed by atoms with Gasteiger partial charge in [-0.15, -0.1) is 0 Å². The van der Waals surface area contributed by atoms with Crippen molar-refractivity contribution in [3.63, 3.8) is 0 Å². The number of piperazine rings is 1. The Balaban J connectivity index is 0.00000300. The second-order valence-corrected chi connectivity index (χ2v) is 8.13. The van der Waals surface area contributed by atoms with Gasteiger partial charge in [-0.2, -0.15) is 0 Å². The van der Waals surface area contributed by atoms with E-state index in [1.54, 1.807) is 0 Å². The van der Waals surface area contributed by atoms with E-state index in [0.717, 1.165) is 44.6 Å². The molecule has 5 heteroatoms. The molecule has 0 amide bonds. The fourth-order valence-electron chi connectivity index (χ4n) is 4.16. The van der Waals surface area contributed by atoms with Gasteiger partial charge >= 0.3 is 0 Å². The van der Waals surface area contributed by atoms with E-state index >= 15 is 0 Å². The number of allylic oxidation sites excluding steroid dienone is 5. The maximum Gasteiger partial charge on any atom is 0.200 e. The Morgan fingerprint density at radius 3 is 2.17 bits per heavy atom. The van der Waals surface area contributed by atoms with Crippen molar-refractivity contribution < 1.29 is 29.2 Å². The van der Waals surface area contributed by atoms with Gasteiger partial charge in [0, 0.05) is 37.2 Å². The number of likely N-dealkylation sites (N-methyl/N-ethyl adjacent to an activating group) is 2. The molecule has 1 aliphatic carbocycles. The number of rotatable bonds is 5. The molecule has 1 atom stereocenters. The van der Waals surface area contributed by atoms with Crippen LogP contribution in [0.1, 0.15) is 18.9 Å². The Hall–Kier alpha value is -1.55. The van der Waals surface area contributed by atoms with Gasteiger partial charge in [0.15, 0.2) is 18.8 Å². The zero-order chi connectivity index (χ0) is 20.1. The summed E-state index contributed by atoms with van der Waals surface area (Å²) in [6, 6.07) is 10.4. The fourth-order valence-corrected chi connectivity index (χ4v) is 4.16. The van der Waals surface area contributed by atoms with Crippen LogP contribution in [0.3, 0.4) is 0 Å². The molecule has 0 aromatic heterocycles. The Morgan fingerprint density at radius 1 is 1.07 bits per heavy atom. The van der Waals surface area contributed by atoms with E-state index in [1.807, 2.05) is 6.07 Å². The summed E-state index contributed by atoms with van der Waals surface area (Å²) in [6.07, 6.45) is 10.1. The quantitative estimate of drug-likeness (QED) is 0.428. The molecule has 4 nitrogen and oxygen atoms in total. The predicted octanol–water partition coefficient (Wildman–Crippen LogP) is 3.27. The summed E-state index contributed by atoms with van der Waals surface area (Å²) in [5, 5.41) is 11.4. The van der Waals surface area contributed by atoms with Crippen molar-refractivity contribution in [1.82, 2.24) is 9.80 Å². The van der Waals surface area contributed by atoms with Crippen LogP contribution in [0.15, 0.2) is 66.0 Å². The van der Waals surface area contributed by atoms with Crippen molar-refractivity contribution in [2.24, 2.45) is 0 Å². The molecule has 1 N–H and O–H groups in total. The van der Waals surface area contributed by atoms with E-state index in [-0.39, 0.29) is 19.5 Å². The Morgan fingerprint density at radius 2 is 1.66 bits per heavy atom. The molecule has 0 saturated carbocycles. The number of nitrogens with zero attached hydrogens (tertiary/aromatic N) is 3. The van der Waals surface area contributed by atoms with Crippen LogP contribution in [-0.2, 0) is 25.9 Å². The monoisotopic (exact) mass is 444 g/mol. The Bertz CT molecular complexity index is 783. The number of aliphatic hydroxyl groups excluding tert-OH is 1. The number of hydrogen-bond acceptors (Lipinski definition) is 3. The van der Waals surface area contributed by atoms with Gasteiger partial charge in [0.1, 0.15) is 5.76 Å². The van der Waals surface area contributed by atoms with Crippen LogP contribution in [0.5, 0.6) is 0 Å². The smallest absolute Gasteiger partial charge is 0.200 e. The third-order valence-corrected chi connectivity index (χ3v) is 6.23. The summed E-state index contributed by atoms with van der Waals surface area (Å²) in [7, 11) is 6.29. The Labute approximate surface area is 188 Å². The molecule has 2 aliphatic rings. The molecule has 152 valence electrons. The van der Waals surface area contributed by atoms with Crippen LogP contribution >= 0.6 is 0 Å². The van der Waals surface area contributed by atoms with Gasteiger partial charge < -0.3 is 5.11 Å². The first kappa shape index (κ1) is 23.7. The molecule has 3 rings (SSSR count). The number of aliphatic hydroxyl groups is 1. The summed E-state index contributed by atoms with van der Waals surface area (Å²) in [5.74, 6) is 0.453. The minimum atomic E-state index is -0.420. The number of benzene rings is 1. The molecule has 29 heavy (non-hydrogen) atoms. The molecule has 1 aliphatic heterocycles. The van der Waals surface area contributed by atoms with Crippen molar-refractivity contribution in [2.75, 3.05) is 47.3 Å². The van der Waals surface area contributed by atoms with E-state index < -0.39 is 5.54 Å². The minimum absolute atomic E-state index is 0. The zero-order valence-corrected chi connectivity index (χ0v) is 21.4. The molecule has 1 unspecified atom stereocenters. The normalized spacial score (nSPS) is 19.3. The van der Waals surface area contributed by atoms with E-state index in [4.69, 9.17) is 0 Å². The van der Waals surface area contributed by atoms with Crippen molar-refractivity contribution in [3.05, 3.63) is 71.5 Å². The van der Waals surface area contributed by atoms with Gasteiger partial charge in [-0.3, -0.25) is 9.80 Å². The SMILES string of the molecule is CCC(Cc1ccccc1)(C(O)=C1C=CC(=[N+]2CCN(C)CC2)C=C1)N(C)C.[Zn]. The summed E-state index contributed by atoms with van der Waals surface area (Å²) in [5.41, 5.74) is 2.96. The first-order chi connectivity index (χ1) is 13.5. The first-order valence-corrected chi connectivity index (χ1v) is 10.3. The molecule has 1 aromatic carbocycles. The largest absolute Gasteiger partial charge is 0.510 e. The molecule has 1 fully saturated rings. The molecular weight excluding hydrogens is 412 g/mol. The van der Waals surface area contributed by atoms with Crippen molar-refractivity contribution >= 4 is 5.71 Å². The summed E-state index contributed by atoms with van der Waals surface area (Å²) in [4.78, 5) is 4.52. The third-order valence-electron chi connectivity index (χ3n) is 6.23. The average Bonchev–Trinajstić information content (AvgIpc) is 2.73. The van der Waals surface area contributed by atoms with Gasteiger partial charge in [-0.1, -0.05) is 37.3 Å². The van der Waals surface area contributed by atoms with E-state index in [9.17, 15) is 5.11 Å². The average molecular weight is 446 g/mol. The summed E-state index contributed by atoms with van der Waals surface area (Å²) in [6.45, 7) is 6.44. The summed E-state index contributed by atoms with van der Waals surface area (Å²) >= 11 is 0. The van der Waals surface area contributed by atoms with Gasteiger partial charge in [-0.05, 0) is 51.7 Å². The van der Waals surface area contributed by atoms with Crippen molar-refractivity contribution in [1.29, 1.82) is 0 Å². The van der Waals surface area contributed by atoms with Gasteiger partial charge in [-0.25, -0.2) is 4.58 Å². The van der Waals surface area contributed by atoms with Gasteiger partial charge in [0.05, 0.1) is 18.6 Å². The van der Waals surface area contributed by atoms with Crippen LogP contribution in [0.4, 0.5) is 0 Å². The van der Waals surface area contributed by atoms with Crippen LogP contribution < -0.4 is 0 Å². The zero-order valence-electron chi connectivity index (χ0n) is 18.4.